The molecule has 0 saturated heterocycles. The summed E-state index contributed by atoms with van der Waals surface area (Å²) < 4.78 is 5.34. The maximum atomic E-state index is 8.74. The molecule has 1 unspecified atom stereocenters. The summed E-state index contributed by atoms with van der Waals surface area (Å²) in [4.78, 5) is 0. The number of hydrogen-bond acceptors (Lipinski definition) is 4. The van der Waals surface area contributed by atoms with E-state index in [0.717, 1.165) is 23.8 Å². The first kappa shape index (κ1) is 14.7. The SMILES string of the molecule is COc1ccc(/C(N)=N/O)cc1CNCC1CC1(C)C. The molecule has 0 radical (unpaired) electrons. The van der Waals surface area contributed by atoms with Gasteiger partial charge in [0.25, 0.3) is 0 Å². The minimum Gasteiger partial charge on any atom is -0.496 e. The lowest BCUT2D eigenvalue weighted by Gasteiger charge is -2.12. The quantitative estimate of drug-likeness (QED) is 0.321. The second-order valence-electron chi connectivity index (χ2n) is 6.03. The Morgan fingerprint density at radius 3 is 2.80 bits per heavy atom. The Labute approximate surface area is 119 Å². The summed E-state index contributed by atoms with van der Waals surface area (Å²) in [5.74, 6) is 1.67. The number of benzene rings is 1. The molecule has 0 heterocycles. The van der Waals surface area contributed by atoms with E-state index in [1.807, 2.05) is 12.1 Å². The first-order chi connectivity index (χ1) is 9.47. The second kappa shape index (κ2) is 5.71. The fourth-order valence-electron chi connectivity index (χ4n) is 2.44. The molecular weight excluding hydrogens is 254 g/mol. The van der Waals surface area contributed by atoms with Crippen molar-refractivity contribution in [2.45, 2.75) is 26.8 Å². The zero-order valence-electron chi connectivity index (χ0n) is 12.3. The highest BCUT2D eigenvalue weighted by atomic mass is 16.5. The van der Waals surface area contributed by atoms with Crippen molar-refractivity contribution in [3.8, 4) is 5.75 Å². The van der Waals surface area contributed by atoms with Gasteiger partial charge in [0.1, 0.15) is 5.75 Å². The van der Waals surface area contributed by atoms with Crippen molar-refractivity contribution < 1.29 is 9.94 Å². The van der Waals surface area contributed by atoms with Crippen LogP contribution in [-0.2, 0) is 6.54 Å². The Hall–Kier alpha value is -1.75. The van der Waals surface area contributed by atoms with Gasteiger partial charge in [-0.3, -0.25) is 0 Å². The molecule has 1 aliphatic carbocycles. The highest BCUT2D eigenvalue weighted by Crippen LogP contribution is 2.51. The lowest BCUT2D eigenvalue weighted by atomic mass is 10.1. The van der Waals surface area contributed by atoms with Crippen LogP contribution in [0.1, 0.15) is 31.4 Å². The molecule has 1 aliphatic rings. The summed E-state index contributed by atoms with van der Waals surface area (Å²) in [5, 5.41) is 15.2. The lowest BCUT2D eigenvalue weighted by Crippen LogP contribution is -2.19. The fourth-order valence-corrected chi connectivity index (χ4v) is 2.44. The van der Waals surface area contributed by atoms with E-state index in [2.05, 4.69) is 24.3 Å². The van der Waals surface area contributed by atoms with Crippen molar-refractivity contribution >= 4 is 5.84 Å². The van der Waals surface area contributed by atoms with E-state index >= 15 is 0 Å². The summed E-state index contributed by atoms with van der Waals surface area (Å²) in [6.45, 7) is 6.30. The first-order valence-corrected chi connectivity index (χ1v) is 6.83. The summed E-state index contributed by atoms with van der Waals surface area (Å²) in [6.07, 6.45) is 1.28. The van der Waals surface area contributed by atoms with Gasteiger partial charge in [0, 0.05) is 17.7 Å². The molecule has 2 rings (SSSR count). The lowest BCUT2D eigenvalue weighted by molar-refractivity contribution is 0.318. The van der Waals surface area contributed by atoms with Crippen molar-refractivity contribution in [1.82, 2.24) is 5.32 Å². The number of nitrogens with two attached hydrogens (primary N) is 1. The van der Waals surface area contributed by atoms with Crippen LogP contribution >= 0.6 is 0 Å². The van der Waals surface area contributed by atoms with Gasteiger partial charge in [-0.2, -0.15) is 0 Å². The van der Waals surface area contributed by atoms with E-state index in [1.165, 1.54) is 6.42 Å². The molecule has 0 amide bonds. The fraction of sp³-hybridized carbons (Fsp3) is 0.533. The number of methoxy groups -OCH3 is 1. The average Bonchev–Trinajstić information content (AvgIpc) is 3.05. The third-order valence-corrected chi connectivity index (χ3v) is 4.11. The minimum absolute atomic E-state index is 0.109. The monoisotopic (exact) mass is 277 g/mol. The van der Waals surface area contributed by atoms with Crippen molar-refractivity contribution in [3.63, 3.8) is 0 Å². The van der Waals surface area contributed by atoms with Gasteiger partial charge in [0.05, 0.1) is 7.11 Å². The second-order valence-corrected chi connectivity index (χ2v) is 6.03. The summed E-state index contributed by atoms with van der Waals surface area (Å²) in [6, 6.07) is 5.51. The predicted molar refractivity (Wildman–Crippen MR) is 79.1 cm³/mol. The number of nitrogens with zero attached hydrogens (tertiary/aromatic N) is 1. The topological polar surface area (TPSA) is 79.9 Å². The molecule has 0 aliphatic heterocycles. The van der Waals surface area contributed by atoms with Crippen molar-refractivity contribution in [2.75, 3.05) is 13.7 Å². The largest absolute Gasteiger partial charge is 0.496 e. The molecule has 0 aromatic heterocycles. The minimum atomic E-state index is 0.109. The Morgan fingerprint density at radius 2 is 2.25 bits per heavy atom. The van der Waals surface area contributed by atoms with Crippen LogP contribution in [0.15, 0.2) is 23.4 Å². The van der Waals surface area contributed by atoms with Crippen LogP contribution in [0, 0.1) is 11.3 Å². The number of hydrogen-bond donors (Lipinski definition) is 3. The molecule has 4 N–H and O–H groups in total. The van der Waals surface area contributed by atoms with Crippen LogP contribution in [0.4, 0.5) is 0 Å². The van der Waals surface area contributed by atoms with Gasteiger partial charge in [-0.1, -0.05) is 19.0 Å². The molecule has 110 valence electrons. The van der Waals surface area contributed by atoms with E-state index in [9.17, 15) is 0 Å². The first-order valence-electron chi connectivity index (χ1n) is 6.83. The van der Waals surface area contributed by atoms with Gasteiger partial charge in [-0.15, -0.1) is 0 Å². The number of ether oxygens (including phenoxy) is 1. The zero-order valence-corrected chi connectivity index (χ0v) is 12.3. The number of nitrogens with one attached hydrogen (secondary N) is 1. The van der Waals surface area contributed by atoms with E-state index in [4.69, 9.17) is 15.7 Å². The average molecular weight is 277 g/mol. The molecule has 5 heteroatoms. The van der Waals surface area contributed by atoms with E-state index in [0.29, 0.717) is 17.5 Å². The smallest absolute Gasteiger partial charge is 0.170 e. The third kappa shape index (κ3) is 3.22. The molecule has 1 atom stereocenters. The Bertz CT molecular complexity index is 512. The van der Waals surface area contributed by atoms with Gasteiger partial charge in [0.2, 0.25) is 0 Å². The van der Waals surface area contributed by atoms with Gasteiger partial charge in [0.15, 0.2) is 5.84 Å². The molecule has 0 bridgehead atoms. The van der Waals surface area contributed by atoms with Crippen molar-refractivity contribution in [3.05, 3.63) is 29.3 Å². The summed E-state index contributed by atoms with van der Waals surface area (Å²) >= 11 is 0. The highest BCUT2D eigenvalue weighted by Gasteiger charge is 2.44. The van der Waals surface area contributed by atoms with Crippen LogP contribution in [0.5, 0.6) is 5.75 Å². The number of oxime groups is 1. The Balaban J connectivity index is 2.01. The molecule has 1 aromatic carbocycles. The highest BCUT2D eigenvalue weighted by molar-refractivity contribution is 5.97. The molecule has 1 saturated carbocycles. The van der Waals surface area contributed by atoms with Crippen LogP contribution in [0.2, 0.25) is 0 Å². The van der Waals surface area contributed by atoms with Gasteiger partial charge in [-0.25, -0.2) is 0 Å². The van der Waals surface area contributed by atoms with E-state index in [1.54, 1.807) is 13.2 Å². The standard InChI is InChI=1S/C15H23N3O2/c1-15(2)7-12(15)9-17-8-11-6-10(14(16)18-19)4-5-13(11)20-3/h4-6,12,17,19H,7-9H2,1-3H3,(H2,16,18). The molecule has 5 nitrogen and oxygen atoms in total. The number of amidine groups is 1. The molecule has 20 heavy (non-hydrogen) atoms. The maximum absolute atomic E-state index is 8.74. The van der Waals surface area contributed by atoms with Gasteiger partial charge in [-0.05, 0) is 42.5 Å². The Kier molecular flexibility index (Phi) is 4.18. The zero-order chi connectivity index (χ0) is 14.8. The van der Waals surface area contributed by atoms with E-state index in [-0.39, 0.29) is 5.84 Å². The van der Waals surface area contributed by atoms with Gasteiger partial charge >= 0.3 is 0 Å². The maximum Gasteiger partial charge on any atom is 0.170 e. The normalized spacial score (nSPS) is 20.8. The van der Waals surface area contributed by atoms with Crippen molar-refractivity contribution in [2.24, 2.45) is 22.2 Å². The summed E-state index contributed by atoms with van der Waals surface area (Å²) in [7, 11) is 1.64. The van der Waals surface area contributed by atoms with Crippen LogP contribution in [0.3, 0.4) is 0 Å². The van der Waals surface area contributed by atoms with E-state index < -0.39 is 0 Å². The van der Waals surface area contributed by atoms with Crippen molar-refractivity contribution in [1.29, 1.82) is 0 Å². The summed E-state index contributed by atoms with van der Waals surface area (Å²) in [5.41, 5.74) is 7.80. The molecule has 1 fully saturated rings. The van der Waals surface area contributed by atoms with Crippen LogP contribution in [-0.4, -0.2) is 24.7 Å². The van der Waals surface area contributed by atoms with Crippen LogP contribution < -0.4 is 15.8 Å². The number of rotatable bonds is 6. The van der Waals surface area contributed by atoms with Crippen LogP contribution in [0.25, 0.3) is 0 Å². The molecule has 0 spiro atoms. The van der Waals surface area contributed by atoms with Gasteiger partial charge < -0.3 is 21.0 Å². The third-order valence-electron chi connectivity index (χ3n) is 4.11. The predicted octanol–water partition coefficient (Wildman–Crippen LogP) is 1.93. The Morgan fingerprint density at radius 1 is 1.55 bits per heavy atom. The molecular formula is C15H23N3O2. The molecule has 1 aromatic rings.